The minimum atomic E-state index is -2.94. The van der Waals surface area contributed by atoms with E-state index in [0.717, 1.165) is 5.56 Å². The summed E-state index contributed by atoms with van der Waals surface area (Å²) in [6.07, 6.45) is 0.503. The number of aryl methyl sites for hydroxylation is 1. The lowest BCUT2D eigenvalue weighted by Crippen LogP contribution is -2.18. The molecule has 2 rings (SSSR count). The van der Waals surface area contributed by atoms with E-state index in [2.05, 4.69) is 5.10 Å². The molecule has 14 heavy (non-hydrogen) atoms. The molecule has 0 spiro atoms. The molecule has 0 saturated carbocycles. The highest BCUT2D eigenvalue weighted by Gasteiger charge is 2.26. The van der Waals surface area contributed by atoms with Gasteiger partial charge in [-0.1, -0.05) is 0 Å². The fourth-order valence-electron chi connectivity index (χ4n) is 1.73. The third-order valence-electron chi connectivity index (χ3n) is 2.50. The molecule has 1 aromatic rings. The van der Waals surface area contributed by atoms with Gasteiger partial charge in [0.15, 0.2) is 9.84 Å². The van der Waals surface area contributed by atoms with Crippen molar-refractivity contribution < 1.29 is 8.42 Å². The van der Waals surface area contributed by atoms with Crippen molar-refractivity contribution in [3.05, 3.63) is 11.3 Å². The Hall–Kier alpha value is -1.04. The second-order valence-corrected chi connectivity index (χ2v) is 5.65. The molecule has 0 fully saturated rings. The van der Waals surface area contributed by atoms with E-state index in [-0.39, 0.29) is 11.5 Å². The van der Waals surface area contributed by atoms with Crippen LogP contribution in [0, 0.1) is 0 Å². The van der Waals surface area contributed by atoms with E-state index < -0.39 is 9.84 Å². The Morgan fingerprint density at radius 1 is 1.57 bits per heavy atom. The van der Waals surface area contributed by atoms with Crippen LogP contribution in [-0.2, 0) is 28.6 Å². The maximum Gasteiger partial charge on any atom is 0.156 e. The maximum atomic E-state index is 11.3. The average Bonchev–Trinajstić information content (AvgIpc) is 2.40. The van der Waals surface area contributed by atoms with E-state index in [4.69, 9.17) is 5.73 Å². The Balaban J connectivity index is 2.50. The first kappa shape index (κ1) is 9.51. The molecule has 2 N–H and O–H groups in total. The first-order chi connectivity index (χ1) is 6.53. The highest BCUT2D eigenvalue weighted by atomic mass is 32.2. The van der Waals surface area contributed by atoms with Gasteiger partial charge in [0.2, 0.25) is 0 Å². The molecule has 0 saturated heterocycles. The van der Waals surface area contributed by atoms with Crippen LogP contribution in [0.3, 0.4) is 0 Å². The molecular formula is C8H13N3O2S. The molecule has 0 amide bonds. The van der Waals surface area contributed by atoms with E-state index in [1.807, 2.05) is 6.92 Å². The van der Waals surface area contributed by atoms with Crippen LogP contribution in [0.5, 0.6) is 0 Å². The van der Waals surface area contributed by atoms with Crippen LogP contribution >= 0.6 is 0 Å². The predicted octanol–water partition coefficient (Wildman–Crippen LogP) is -0.0439. The molecule has 0 unspecified atom stereocenters. The van der Waals surface area contributed by atoms with E-state index in [0.29, 0.717) is 24.5 Å². The number of nitrogen functional groups attached to an aromatic ring is 1. The van der Waals surface area contributed by atoms with Crippen LogP contribution in [0.25, 0.3) is 0 Å². The zero-order valence-electron chi connectivity index (χ0n) is 8.02. The molecule has 0 radical (unpaired) electrons. The summed E-state index contributed by atoms with van der Waals surface area (Å²) in [5, 5.41) is 4.18. The predicted molar refractivity (Wildman–Crippen MR) is 53.5 cm³/mol. The molecular weight excluding hydrogens is 202 g/mol. The van der Waals surface area contributed by atoms with E-state index in [1.54, 1.807) is 4.68 Å². The van der Waals surface area contributed by atoms with Crippen molar-refractivity contribution >= 4 is 15.7 Å². The van der Waals surface area contributed by atoms with Gasteiger partial charge < -0.3 is 5.73 Å². The lowest BCUT2D eigenvalue weighted by atomic mass is 10.2. The monoisotopic (exact) mass is 215 g/mol. The van der Waals surface area contributed by atoms with E-state index >= 15 is 0 Å². The van der Waals surface area contributed by atoms with Crippen molar-refractivity contribution in [2.75, 3.05) is 11.5 Å². The average molecular weight is 215 g/mol. The molecule has 0 aliphatic carbocycles. The molecule has 6 heteroatoms. The summed E-state index contributed by atoms with van der Waals surface area (Å²) in [5.41, 5.74) is 7.38. The van der Waals surface area contributed by atoms with Gasteiger partial charge in [-0.25, -0.2) is 13.1 Å². The molecule has 5 nitrogen and oxygen atoms in total. The lowest BCUT2D eigenvalue weighted by Gasteiger charge is -2.10. The number of fused-ring (bicyclic) bond motifs is 1. The van der Waals surface area contributed by atoms with Gasteiger partial charge in [-0.15, -0.1) is 0 Å². The van der Waals surface area contributed by atoms with Gasteiger partial charge in [0.1, 0.15) is 5.82 Å². The quantitative estimate of drug-likeness (QED) is 0.712. The number of hydrogen-bond donors (Lipinski definition) is 1. The first-order valence-electron chi connectivity index (χ1n) is 4.58. The number of anilines is 1. The summed E-state index contributed by atoms with van der Waals surface area (Å²) in [6, 6.07) is 0. The van der Waals surface area contributed by atoms with Gasteiger partial charge in [0.25, 0.3) is 0 Å². The van der Waals surface area contributed by atoms with Crippen molar-refractivity contribution in [2.45, 2.75) is 25.6 Å². The summed E-state index contributed by atoms with van der Waals surface area (Å²) in [4.78, 5) is 0. The summed E-state index contributed by atoms with van der Waals surface area (Å²) >= 11 is 0. The van der Waals surface area contributed by atoms with Gasteiger partial charge >= 0.3 is 0 Å². The molecule has 0 atom stereocenters. The molecule has 0 bridgehead atoms. The van der Waals surface area contributed by atoms with Crippen LogP contribution in [0.4, 0.5) is 5.82 Å². The number of rotatable bonds is 1. The van der Waals surface area contributed by atoms with Gasteiger partial charge in [-0.05, 0) is 13.3 Å². The van der Waals surface area contributed by atoms with E-state index in [9.17, 15) is 8.42 Å². The first-order valence-corrected chi connectivity index (χ1v) is 6.40. The zero-order valence-corrected chi connectivity index (χ0v) is 8.84. The molecule has 0 aromatic carbocycles. The highest BCUT2D eigenvalue weighted by molar-refractivity contribution is 7.90. The Morgan fingerprint density at radius 3 is 2.93 bits per heavy atom. The molecule has 78 valence electrons. The van der Waals surface area contributed by atoms with Gasteiger partial charge in [0.05, 0.1) is 17.2 Å². The Morgan fingerprint density at radius 2 is 2.29 bits per heavy atom. The molecule has 1 aliphatic rings. The number of hydrogen-bond acceptors (Lipinski definition) is 4. The molecule has 1 aromatic heterocycles. The minimum Gasteiger partial charge on any atom is -0.384 e. The second-order valence-electron chi connectivity index (χ2n) is 3.47. The Kier molecular flexibility index (Phi) is 2.02. The molecule has 2 heterocycles. The fourth-order valence-corrected chi connectivity index (χ4v) is 3.04. The summed E-state index contributed by atoms with van der Waals surface area (Å²) < 4.78 is 24.3. The van der Waals surface area contributed by atoms with Gasteiger partial charge in [0, 0.05) is 12.1 Å². The fraction of sp³-hybridized carbons (Fsp3) is 0.625. The van der Waals surface area contributed by atoms with Crippen LogP contribution in [0.1, 0.15) is 18.2 Å². The second kappa shape index (κ2) is 2.98. The van der Waals surface area contributed by atoms with Crippen molar-refractivity contribution in [1.29, 1.82) is 0 Å². The van der Waals surface area contributed by atoms with Crippen molar-refractivity contribution in [2.24, 2.45) is 0 Å². The highest BCUT2D eigenvalue weighted by Crippen LogP contribution is 2.24. The van der Waals surface area contributed by atoms with Crippen LogP contribution in [-0.4, -0.2) is 24.0 Å². The standard InChI is InChI=1S/C8H13N3O2S/c1-2-11-8(9)6-3-4-14(12,13)5-7(6)10-11/h2-5,9H2,1H3. The summed E-state index contributed by atoms with van der Waals surface area (Å²) in [7, 11) is -2.94. The van der Waals surface area contributed by atoms with Crippen molar-refractivity contribution in [3.8, 4) is 0 Å². The van der Waals surface area contributed by atoms with Crippen LogP contribution < -0.4 is 5.73 Å². The van der Waals surface area contributed by atoms with Crippen molar-refractivity contribution in [3.63, 3.8) is 0 Å². The Labute approximate surface area is 82.8 Å². The maximum absolute atomic E-state index is 11.3. The van der Waals surface area contributed by atoms with Crippen LogP contribution in [0.2, 0.25) is 0 Å². The van der Waals surface area contributed by atoms with Gasteiger partial charge in [-0.2, -0.15) is 5.10 Å². The molecule has 1 aliphatic heterocycles. The number of nitrogens with zero attached hydrogens (tertiary/aromatic N) is 2. The largest absolute Gasteiger partial charge is 0.384 e. The topological polar surface area (TPSA) is 78.0 Å². The zero-order chi connectivity index (χ0) is 10.3. The normalized spacial score (nSPS) is 19.2. The summed E-state index contributed by atoms with van der Waals surface area (Å²) in [5.74, 6) is 0.858. The number of aromatic nitrogens is 2. The summed E-state index contributed by atoms with van der Waals surface area (Å²) in [6.45, 7) is 2.61. The van der Waals surface area contributed by atoms with Gasteiger partial charge in [-0.3, -0.25) is 0 Å². The number of nitrogens with two attached hydrogens (primary N) is 1. The van der Waals surface area contributed by atoms with E-state index in [1.165, 1.54) is 0 Å². The smallest absolute Gasteiger partial charge is 0.156 e. The number of sulfone groups is 1. The van der Waals surface area contributed by atoms with Crippen molar-refractivity contribution in [1.82, 2.24) is 9.78 Å². The van der Waals surface area contributed by atoms with Crippen LogP contribution in [0.15, 0.2) is 0 Å². The minimum absolute atomic E-state index is 0.0412. The Bertz CT molecular complexity index is 461. The third-order valence-corrected chi connectivity index (χ3v) is 4.04. The SMILES string of the molecule is CCn1nc2c(c1N)CCS(=O)(=O)C2. The lowest BCUT2D eigenvalue weighted by molar-refractivity contribution is 0.589. The third kappa shape index (κ3) is 1.39.